The molecular weight excluding hydrogens is 250 g/mol. The summed E-state index contributed by atoms with van der Waals surface area (Å²) in [6.07, 6.45) is 11.9. The van der Waals surface area contributed by atoms with Crippen molar-refractivity contribution in [2.75, 3.05) is 6.61 Å². The first-order valence-electron chi connectivity index (χ1n) is 7.05. The molecule has 2 N–H and O–H groups in total. The fourth-order valence-electron chi connectivity index (χ4n) is 1.28. The van der Waals surface area contributed by atoms with Crippen LogP contribution in [0.15, 0.2) is 36.0 Å². The van der Waals surface area contributed by atoms with Crippen LogP contribution in [-0.2, 0) is 4.79 Å². The van der Waals surface area contributed by atoms with E-state index in [0.717, 1.165) is 24.8 Å². The molecule has 1 unspecified atom stereocenters. The summed E-state index contributed by atoms with van der Waals surface area (Å²) in [5, 5.41) is 11.4. The first-order valence-corrected chi connectivity index (χ1v) is 7.05. The number of aliphatic hydroxyl groups is 1. The molecule has 110 valence electrons. The highest BCUT2D eigenvalue weighted by atomic mass is 16.3. The highest BCUT2D eigenvalue weighted by Gasteiger charge is 2.00. The number of allylic oxidation sites excluding steroid dienone is 5. The van der Waals surface area contributed by atoms with Crippen molar-refractivity contribution in [2.45, 2.75) is 46.1 Å². The summed E-state index contributed by atoms with van der Waals surface area (Å²) in [5.41, 5.74) is 0.940. The van der Waals surface area contributed by atoms with Crippen LogP contribution >= 0.6 is 0 Å². The van der Waals surface area contributed by atoms with Gasteiger partial charge in [0.05, 0.1) is 6.61 Å². The van der Waals surface area contributed by atoms with Crippen molar-refractivity contribution >= 4 is 5.91 Å². The van der Waals surface area contributed by atoms with E-state index in [0.29, 0.717) is 0 Å². The van der Waals surface area contributed by atoms with E-state index in [1.807, 2.05) is 19.1 Å². The number of hydrogen-bond acceptors (Lipinski definition) is 2. The third-order valence-corrected chi connectivity index (χ3v) is 2.50. The Bertz CT molecular complexity index is 422. The molecule has 0 aromatic heterocycles. The van der Waals surface area contributed by atoms with Crippen LogP contribution in [0.1, 0.15) is 40.0 Å². The molecule has 3 nitrogen and oxygen atoms in total. The number of carbonyl (C=O) groups is 1. The van der Waals surface area contributed by atoms with E-state index in [4.69, 9.17) is 5.11 Å². The molecule has 0 fully saturated rings. The quantitative estimate of drug-likeness (QED) is 0.325. The lowest BCUT2D eigenvalue weighted by molar-refractivity contribution is -0.117. The SMILES string of the molecule is C\C=C(C#CCCCC)/C=C\C=C\C(=O)NC(C)CO. The van der Waals surface area contributed by atoms with Gasteiger partial charge in [0.15, 0.2) is 0 Å². The van der Waals surface area contributed by atoms with Crippen LogP contribution in [0.3, 0.4) is 0 Å². The molecule has 20 heavy (non-hydrogen) atoms. The summed E-state index contributed by atoms with van der Waals surface area (Å²) in [6.45, 7) is 5.76. The van der Waals surface area contributed by atoms with Gasteiger partial charge in [-0.05, 0) is 26.3 Å². The van der Waals surface area contributed by atoms with E-state index < -0.39 is 0 Å². The number of amides is 1. The summed E-state index contributed by atoms with van der Waals surface area (Å²) in [6, 6.07) is -0.230. The lowest BCUT2D eigenvalue weighted by Crippen LogP contribution is -2.33. The van der Waals surface area contributed by atoms with Crippen molar-refractivity contribution in [2.24, 2.45) is 0 Å². The number of carbonyl (C=O) groups excluding carboxylic acids is 1. The fourth-order valence-corrected chi connectivity index (χ4v) is 1.28. The Morgan fingerprint density at radius 1 is 1.35 bits per heavy atom. The van der Waals surface area contributed by atoms with Crippen molar-refractivity contribution < 1.29 is 9.90 Å². The van der Waals surface area contributed by atoms with Gasteiger partial charge in [0.2, 0.25) is 5.91 Å². The number of hydrogen-bond donors (Lipinski definition) is 2. The Kier molecular flexibility index (Phi) is 11.2. The van der Waals surface area contributed by atoms with Crippen LogP contribution in [0.5, 0.6) is 0 Å². The predicted molar refractivity (Wildman–Crippen MR) is 84.0 cm³/mol. The summed E-state index contributed by atoms with van der Waals surface area (Å²) in [7, 11) is 0. The average molecular weight is 275 g/mol. The van der Waals surface area contributed by atoms with E-state index >= 15 is 0 Å². The van der Waals surface area contributed by atoms with Gasteiger partial charge in [-0.2, -0.15) is 0 Å². The molecule has 0 heterocycles. The zero-order valence-electron chi connectivity index (χ0n) is 12.6. The Balaban J connectivity index is 4.25. The maximum atomic E-state index is 11.4. The smallest absolute Gasteiger partial charge is 0.244 e. The Morgan fingerprint density at radius 3 is 2.65 bits per heavy atom. The predicted octanol–water partition coefficient (Wildman–Crippen LogP) is 2.74. The van der Waals surface area contributed by atoms with Crippen molar-refractivity contribution in [1.29, 1.82) is 0 Å². The van der Waals surface area contributed by atoms with Crippen LogP contribution in [0.2, 0.25) is 0 Å². The second-order valence-corrected chi connectivity index (χ2v) is 4.46. The number of aliphatic hydroxyl groups excluding tert-OH is 1. The van der Waals surface area contributed by atoms with Gasteiger partial charge in [-0.15, -0.1) is 0 Å². The van der Waals surface area contributed by atoms with Crippen molar-refractivity contribution in [3.8, 4) is 11.8 Å². The molecule has 0 saturated carbocycles. The third kappa shape index (κ3) is 10.2. The van der Waals surface area contributed by atoms with Gasteiger partial charge < -0.3 is 10.4 Å². The van der Waals surface area contributed by atoms with Gasteiger partial charge in [0.1, 0.15) is 0 Å². The van der Waals surface area contributed by atoms with Crippen LogP contribution in [0, 0.1) is 11.8 Å². The molecular formula is C17H25NO2. The Labute approximate surface area is 122 Å². The third-order valence-electron chi connectivity index (χ3n) is 2.50. The summed E-state index contributed by atoms with van der Waals surface area (Å²) in [4.78, 5) is 11.4. The minimum atomic E-state index is -0.230. The molecule has 1 atom stereocenters. The van der Waals surface area contributed by atoms with E-state index in [1.54, 1.807) is 19.1 Å². The van der Waals surface area contributed by atoms with Gasteiger partial charge in [-0.1, -0.05) is 43.4 Å². The molecule has 3 heteroatoms. The van der Waals surface area contributed by atoms with Gasteiger partial charge in [0, 0.05) is 24.1 Å². The summed E-state index contributed by atoms with van der Waals surface area (Å²) in [5.74, 6) is 6.00. The fraction of sp³-hybridized carbons (Fsp3) is 0.471. The number of rotatable bonds is 7. The largest absolute Gasteiger partial charge is 0.394 e. The molecule has 0 rings (SSSR count). The first kappa shape index (κ1) is 18.2. The van der Waals surface area contributed by atoms with Gasteiger partial charge >= 0.3 is 0 Å². The molecule has 0 spiro atoms. The monoisotopic (exact) mass is 275 g/mol. The van der Waals surface area contributed by atoms with Crippen molar-refractivity contribution in [3.05, 3.63) is 36.0 Å². The molecule has 0 aliphatic carbocycles. The topological polar surface area (TPSA) is 49.3 Å². The van der Waals surface area contributed by atoms with Gasteiger partial charge in [0.25, 0.3) is 0 Å². The normalized spacial score (nSPS) is 13.3. The summed E-state index contributed by atoms with van der Waals surface area (Å²) < 4.78 is 0. The Hall–Kier alpha value is -1.79. The lowest BCUT2D eigenvalue weighted by Gasteiger charge is -2.07. The number of unbranched alkanes of at least 4 members (excludes halogenated alkanes) is 2. The Morgan fingerprint density at radius 2 is 2.05 bits per heavy atom. The second-order valence-electron chi connectivity index (χ2n) is 4.46. The molecule has 0 saturated heterocycles. The second kappa shape index (κ2) is 12.3. The van der Waals surface area contributed by atoms with E-state index in [2.05, 4.69) is 24.1 Å². The van der Waals surface area contributed by atoms with Crippen LogP contribution in [0.25, 0.3) is 0 Å². The average Bonchev–Trinajstić information content (AvgIpc) is 2.45. The van der Waals surface area contributed by atoms with Crippen molar-refractivity contribution in [1.82, 2.24) is 5.32 Å². The molecule has 0 aromatic rings. The minimum Gasteiger partial charge on any atom is -0.394 e. The molecule has 0 radical (unpaired) electrons. The maximum Gasteiger partial charge on any atom is 0.244 e. The zero-order chi connectivity index (χ0) is 15.2. The van der Waals surface area contributed by atoms with Crippen LogP contribution in [-0.4, -0.2) is 23.7 Å². The van der Waals surface area contributed by atoms with Crippen LogP contribution in [0.4, 0.5) is 0 Å². The first-order chi connectivity index (χ1) is 9.63. The van der Waals surface area contributed by atoms with E-state index in [1.165, 1.54) is 6.08 Å². The van der Waals surface area contributed by atoms with Gasteiger partial charge in [-0.3, -0.25) is 4.79 Å². The zero-order valence-corrected chi connectivity index (χ0v) is 12.6. The molecule has 0 aromatic carbocycles. The minimum absolute atomic E-state index is 0.0640. The highest BCUT2D eigenvalue weighted by Crippen LogP contribution is 1.97. The molecule has 0 aliphatic rings. The van der Waals surface area contributed by atoms with Crippen molar-refractivity contribution in [3.63, 3.8) is 0 Å². The molecule has 0 aliphatic heterocycles. The van der Waals surface area contributed by atoms with Gasteiger partial charge in [-0.25, -0.2) is 0 Å². The molecule has 1 amide bonds. The molecule has 0 bridgehead atoms. The number of nitrogens with one attached hydrogen (secondary N) is 1. The lowest BCUT2D eigenvalue weighted by atomic mass is 10.2. The van der Waals surface area contributed by atoms with E-state index in [9.17, 15) is 4.79 Å². The summed E-state index contributed by atoms with van der Waals surface area (Å²) >= 11 is 0. The standard InChI is InChI=1S/C17H25NO2/c1-4-6-7-8-11-16(5-2)12-9-10-13-17(20)18-15(3)14-19/h5,9-10,12-13,15,19H,4,6-7,14H2,1-3H3,(H,18,20)/b12-9-,13-10+,16-5-. The van der Waals surface area contributed by atoms with E-state index in [-0.39, 0.29) is 18.6 Å². The highest BCUT2D eigenvalue weighted by molar-refractivity contribution is 5.87. The van der Waals surface area contributed by atoms with Crippen LogP contribution < -0.4 is 5.32 Å². The maximum absolute atomic E-state index is 11.4.